The zero-order valence-electron chi connectivity index (χ0n) is 29.9. The van der Waals surface area contributed by atoms with Gasteiger partial charge in [-0.2, -0.15) is 0 Å². The SMILES string of the molecule is CC[C@H](C)[C@@H]([C@@H](CC(=O)N1CCC[C@H]1[C@H](OC)[C@@H](C)C(=O)N[C@@H](Cc1ccccc1)C(=O)NCCCO)OC)N(C)C(=O)CC(C)C. The van der Waals surface area contributed by atoms with E-state index in [0.717, 1.165) is 18.4 Å². The van der Waals surface area contributed by atoms with E-state index in [1.54, 1.807) is 38.0 Å². The van der Waals surface area contributed by atoms with E-state index in [0.29, 0.717) is 38.8 Å². The first-order valence-corrected chi connectivity index (χ1v) is 17.2. The second kappa shape index (κ2) is 20.4. The van der Waals surface area contributed by atoms with Crippen molar-refractivity contribution in [3.8, 4) is 0 Å². The van der Waals surface area contributed by atoms with Crippen molar-refractivity contribution in [2.45, 2.75) is 110 Å². The van der Waals surface area contributed by atoms with Crippen LogP contribution in [0.4, 0.5) is 0 Å². The van der Waals surface area contributed by atoms with Gasteiger partial charge in [0.1, 0.15) is 6.04 Å². The zero-order chi connectivity index (χ0) is 35.1. The van der Waals surface area contributed by atoms with Crippen LogP contribution in [0.25, 0.3) is 0 Å². The first kappa shape index (κ1) is 40.2. The number of likely N-dealkylation sites (N-methyl/N-ethyl adjacent to an activating group) is 1. The molecule has 266 valence electrons. The van der Waals surface area contributed by atoms with Gasteiger partial charge in [-0.15, -0.1) is 0 Å². The molecule has 1 aromatic rings. The molecule has 47 heavy (non-hydrogen) atoms. The van der Waals surface area contributed by atoms with Gasteiger partial charge in [-0.05, 0) is 36.7 Å². The molecule has 1 fully saturated rings. The normalized spacial score (nSPS) is 18.6. The Morgan fingerprint density at radius 1 is 1.02 bits per heavy atom. The number of carbonyl (C=O) groups excluding carboxylic acids is 4. The van der Waals surface area contributed by atoms with Gasteiger partial charge in [0.15, 0.2) is 0 Å². The average Bonchev–Trinajstić information content (AvgIpc) is 3.54. The van der Waals surface area contributed by atoms with Crippen LogP contribution in [0.3, 0.4) is 0 Å². The maximum Gasteiger partial charge on any atom is 0.242 e. The maximum atomic E-state index is 13.9. The van der Waals surface area contributed by atoms with Crippen molar-refractivity contribution >= 4 is 23.6 Å². The molecule has 0 saturated carbocycles. The fraction of sp³-hybridized carbons (Fsp3) is 0.722. The highest BCUT2D eigenvalue weighted by Gasteiger charge is 2.42. The molecular formula is C36H60N4O7. The topological polar surface area (TPSA) is 138 Å². The third-order valence-corrected chi connectivity index (χ3v) is 9.44. The molecule has 1 saturated heterocycles. The Labute approximate surface area is 282 Å². The summed E-state index contributed by atoms with van der Waals surface area (Å²) >= 11 is 0. The Morgan fingerprint density at radius 2 is 1.70 bits per heavy atom. The van der Waals surface area contributed by atoms with E-state index < -0.39 is 24.2 Å². The number of carbonyl (C=O) groups is 4. The van der Waals surface area contributed by atoms with Crippen LogP contribution >= 0.6 is 0 Å². The number of aliphatic hydroxyl groups is 1. The van der Waals surface area contributed by atoms with Gasteiger partial charge in [0, 0.05) is 53.8 Å². The molecule has 0 aromatic heterocycles. The van der Waals surface area contributed by atoms with Crippen LogP contribution < -0.4 is 10.6 Å². The number of rotatable bonds is 20. The summed E-state index contributed by atoms with van der Waals surface area (Å²) < 4.78 is 11.8. The molecule has 11 nitrogen and oxygen atoms in total. The molecule has 11 heteroatoms. The Kier molecular flexibility index (Phi) is 17.4. The quantitative estimate of drug-likeness (QED) is 0.183. The van der Waals surface area contributed by atoms with Crippen molar-refractivity contribution in [3.05, 3.63) is 35.9 Å². The Bertz CT molecular complexity index is 1120. The van der Waals surface area contributed by atoms with E-state index in [9.17, 15) is 19.2 Å². The monoisotopic (exact) mass is 660 g/mol. The molecule has 0 bridgehead atoms. The number of hydrogen-bond acceptors (Lipinski definition) is 7. The van der Waals surface area contributed by atoms with Gasteiger partial charge in [-0.25, -0.2) is 0 Å². The molecule has 0 radical (unpaired) electrons. The van der Waals surface area contributed by atoms with Crippen LogP contribution in [-0.4, -0.2) is 110 Å². The van der Waals surface area contributed by atoms with E-state index in [2.05, 4.69) is 24.5 Å². The summed E-state index contributed by atoms with van der Waals surface area (Å²) in [5, 5.41) is 14.9. The van der Waals surface area contributed by atoms with Crippen molar-refractivity contribution in [2.24, 2.45) is 17.8 Å². The number of hydrogen-bond donors (Lipinski definition) is 3. The van der Waals surface area contributed by atoms with Gasteiger partial charge in [-0.1, -0.05) is 71.4 Å². The van der Waals surface area contributed by atoms with Crippen LogP contribution in [0.5, 0.6) is 0 Å². The number of aliphatic hydroxyl groups excluding tert-OH is 1. The number of nitrogens with one attached hydrogen (secondary N) is 2. The number of benzene rings is 1. The van der Waals surface area contributed by atoms with Gasteiger partial charge in [0.2, 0.25) is 23.6 Å². The van der Waals surface area contributed by atoms with E-state index in [1.165, 1.54) is 0 Å². The summed E-state index contributed by atoms with van der Waals surface area (Å²) in [5.41, 5.74) is 0.901. The summed E-state index contributed by atoms with van der Waals surface area (Å²) in [4.78, 5) is 57.3. The highest BCUT2D eigenvalue weighted by Crippen LogP contribution is 2.29. The largest absolute Gasteiger partial charge is 0.396 e. The van der Waals surface area contributed by atoms with E-state index >= 15 is 0 Å². The third-order valence-electron chi connectivity index (χ3n) is 9.44. The van der Waals surface area contributed by atoms with Gasteiger partial charge < -0.3 is 35.0 Å². The molecule has 7 atom stereocenters. The first-order valence-electron chi connectivity index (χ1n) is 17.2. The van der Waals surface area contributed by atoms with Gasteiger partial charge in [-0.3, -0.25) is 19.2 Å². The second-order valence-electron chi connectivity index (χ2n) is 13.4. The minimum Gasteiger partial charge on any atom is -0.396 e. The van der Waals surface area contributed by atoms with Crippen LogP contribution in [0, 0.1) is 17.8 Å². The number of likely N-dealkylation sites (tertiary alicyclic amines) is 1. The smallest absolute Gasteiger partial charge is 0.242 e. The summed E-state index contributed by atoms with van der Waals surface area (Å²) in [6, 6.07) is 8.04. The summed E-state index contributed by atoms with van der Waals surface area (Å²) in [6.07, 6.45) is 2.43. The van der Waals surface area contributed by atoms with Crippen LogP contribution in [-0.2, 0) is 35.1 Å². The number of nitrogens with zero attached hydrogens (tertiary/aromatic N) is 2. The number of methoxy groups -OCH3 is 2. The van der Waals surface area contributed by atoms with Crippen molar-refractivity contribution in [1.82, 2.24) is 20.4 Å². The summed E-state index contributed by atoms with van der Waals surface area (Å²) in [5.74, 6) is -1.06. The molecule has 1 aliphatic rings. The maximum absolute atomic E-state index is 13.9. The van der Waals surface area contributed by atoms with E-state index in [-0.39, 0.29) is 60.6 Å². The number of amides is 4. The minimum absolute atomic E-state index is 0.0331. The standard InChI is InChI=1S/C36H60N4O7/c1-9-25(4)33(39(6)31(42)21-24(2)3)30(46-7)23-32(43)40-19-13-17-29(40)34(47-8)26(5)35(44)38-28(36(45)37-18-14-20-41)22-27-15-11-10-12-16-27/h10-12,15-16,24-26,28-30,33-34,41H,9,13-14,17-23H2,1-8H3,(H,37,45)(H,38,44)/t25-,26+,28-,29-,30+,33-,34+/m0/s1. The van der Waals surface area contributed by atoms with Crippen LogP contribution in [0.1, 0.15) is 78.7 Å². The molecule has 1 aliphatic heterocycles. The molecule has 0 unspecified atom stereocenters. The van der Waals surface area contributed by atoms with Crippen molar-refractivity contribution in [3.63, 3.8) is 0 Å². The first-order chi connectivity index (χ1) is 22.4. The lowest BCUT2D eigenvalue weighted by Crippen LogP contribution is -2.55. The molecule has 4 amide bonds. The van der Waals surface area contributed by atoms with Crippen LogP contribution in [0.15, 0.2) is 30.3 Å². The molecule has 1 aromatic carbocycles. The van der Waals surface area contributed by atoms with Crippen molar-refractivity contribution < 1.29 is 33.8 Å². The second-order valence-corrected chi connectivity index (χ2v) is 13.4. The molecule has 2 rings (SSSR count). The van der Waals surface area contributed by atoms with Crippen molar-refractivity contribution in [2.75, 3.05) is 41.0 Å². The average molecular weight is 661 g/mol. The van der Waals surface area contributed by atoms with Gasteiger partial charge in [0.25, 0.3) is 0 Å². The van der Waals surface area contributed by atoms with E-state index in [4.69, 9.17) is 14.6 Å². The Balaban J connectivity index is 2.21. The molecule has 0 spiro atoms. The van der Waals surface area contributed by atoms with Crippen molar-refractivity contribution in [1.29, 1.82) is 0 Å². The lowest BCUT2D eigenvalue weighted by Gasteiger charge is -2.39. The van der Waals surface area contributed by atoms with Crippen LogP contribution in [0.2, 0.25) is 0 Å². The third kappa shape index (κ3) is 11.9. The van der Waals surface area contributed by atoms with E-state index in [1.807, 2.05) is 44.2 Å². The predicted octanol–water partition coefficient (Wildman–Crippen LogP) is 3.18. The zero-order valence-corrected chi connectivity index (χ0v) is 29.9. The molecular weight excluding hydrogens is 600 g/mol. The highest BCUT2D eigenvalue weighted by atomic mass is 16.5. The highest BCUT2D eigenvalue weighted by molar-refractivity contribution is 5.89. The lowest BCUT2D eigenvalue weighted by molar-refractivity contribution is -0.146. The summed E-state index contributed by atoms with van der Waals surface area (Å²) in [7, 11) is 4.94. The minimum atomic E-state index is -0.819. The Morgan fingerprint density at radius 3 is 2.28 bits per heavy atom. The fourth-order valence-electron chi connectivity index (χ4n) is 6.59. The fourth-order valence-corrected chi connectivity index (χ4v) is 6.59. The molecule has 0 aliphatic carbocycles. The predicted molar refractivity (Wildman–Crippen MR) is 182 cm³/mol. The molecule has 1 heterocycles. The van der Waals surface area contributed by atoms with Gasteiger partial charge in [0.05, 0.1) is 36.6 Å². The van der Waals surface area contributed by atoms with Gasteiger partial charge >= 0.3 is 0 Å². The molecule has 3 N–H and O–H groups in total. The lowest BCUT2D eigenvalue weighted by atomic mass is 9.90. The summed E-state index contributed by atoms with van der Waals surface area (Å²) in [6.45, 7) is 10.7. The Hall–Kier alpha value is -3.02. The number of ether oxygens (including phenoxy) is 2.